The van der Waals surface area contributed by atoms with Crippen LogP contribution in [0.3, 0.4) is 0 Å². The zero-order chi connectivity index (χ0) is 15.4. The first-order valence-corrected chi connectivity index (χ1v) is 7.25. The Morgan fingerprint density at radius 1 is 1.36 bits per heavy atom. The van der Waals surface area contributed by atoms with E-state index in [0.717, 1.165) is 25.0 Å². The third kappa shape index (κ3) is 3.20. The van der Waals surface area contributed by atoms with Gasteiger partial charge in [-0.15, -0.1) is 0 Å². The molecular weight excluding hydrogens is 286 g/mol. The maximum Gasteiger partial charge on any atom is 0.240 e. The second-order valence-electron chi connectivity index (χ2n) is 5.04. The fourth-order valence-corrected chi connectivity index (χ4v) is 2.34. The lowest BCUT2D eigenvalue weighted by Gasteiger charge is -2.24. The maximum absolute atomic E-state index is 5.96. The van der Waals surface area contributed by atoms with Gasteiger partial charge in [0.1, 0.15) is 6.10 Å². The quantitative estimate of drug-likeness (QED) is 0.899. The second kappa shape index (κ2) is 6.76. The third-order valence-corrected chi connectivity index (χ3v) is 3.48. The van der Waals surface area contributed by atoms with Crippen molar-refractivity contribution < 1.29 is 18.7 Å². The Kier molecular flexibility index (Phi) is 4.55. The Morgan fingerprint density at radius 3 is 2.95 bits per heavy atom. The van der Waals surface area contributed by atoms with E-state index in [2.05, 4.69) is 10.1 Å². The molecule has 1 saturated heterocycles. The minimum absolute atomic E-state index is 0.0579. The molecule has 1 fully saturated rings. The zero-order valence-electron chi connectivity index (χ0n) is 12.4. The van der Waals surface area contributed by atoms with E-state index < -0.39 is 0 Å². The summed E-state index contributed by atoms with van der Waals surface area (Å²) in [5.74, 6) is 2.19. The minimum Gasteiger partial charge on any atom is -0.493 e. The number of nitrogens with zero attached hydrogens (tertiary/aromatic N) is 2. The van der Waals surface area contributed by atoms with Gasteiger partial charge in [-0.2, -0.15) is 4.98 Å². The number of rotatable bonds is 5. The summed E-state index contributed by atoms with van der Waals surface area (Å²) in [5, 5.41) is 3.90. The molecule has 1 aromatic heterocycles. The van der Waals surface area contributed by atoms with Crippen LogP contribution in [0, 0.1) is 0 Å². The molecule has 22 heavy (non-hydrogen) atoms. The maximum atomic E-state index is 5.96. The van der Waals surface area contributed by atoms with Crippen LogP contribution in [-0.4, -0.2) is 36.6 Å². The molecule has 3 rings (SSSR count). The summed E-state index contributed by atoms with van der Waals surface area (Å²) in [6.45, 7) is 1.62. The summed E-state index contributed by atoms with van der Waals surface area (Å²) >= 11 is 0. The Balaban J connectivity index is 1.80. The number of hydrogen-bond acceptors (Lipinski definition) is 7. The van der Waals surface area contributed by atoms with Crippen molar-refractivity contribution in [1.82, 2.24) is 10.1 Å². The van der Waals surface area contributed by atoms with Crippen LogP contribution in [0.25, 0.3) is 11.4 Å². The topological polar surface area (TPSA) is 92.6 Å². The number of hydrogen-bond donors (Lipinski definition) is 1. The fraction of sp³-hybridized carbons (Fsp3) is 0.467. The van der Waals surface area contributed by atoms with E-state index >= 15 is 0 Å². The molecule has 0 spiro atoms. The Bertz CT molecular complexity index is 623. The number of methoxy groups -OCH3 is 1. The van der Waals surface area contributed by atoms with Crippen LogP contribution < -0.4 is 15.2 Å². The van der Waals surface area contributed by atoms with Crippen molar-refractivity contribution in [2.45, 2.75) is 25.5 Å². The Hall–Kier alpha value is -2.12. The van der Waals surface area contributed by atoms with Crippen molar-refractivity contribution in [1.29, 1.82) is 0 Å². The summed E-state index contributed by atoms with van der Waals surface area (Å²) in [6, 6.07) is 5.54. The van der Waals surface area contributed by atoms with E-state index in [1.54, 1.807) is 7.11 Å². The lowest BCUT2D eigenvalue weighted by molar-refractivity contribution is 0.00645. The smallest absolute Gasteiger partial charge is 0.240 e. The molecule has 7 heteroatoms. The molecule has 1 aliphatic heterocycles. The van der Waals surface area contributed by atoms with Crippen LogP contribution in [0.1, 0.15) is 18.7 Å². The van der Waals surface area contributed by atoms with Crippen LogP contribution in [0.4, 0.5) is 0 Å². The van der Waals surface area contributed by atoms with Crippen molar-refractivity contribution in [3.63, 3.8) is 0 Å². The highest BCUT2D eigenvalue weighted by molar-refractivity contribution is 5.60. The molecule has 0 amide bonds. The average Bonchev–Trinajstić information content (AvgIpc) is 3.05. The number of ether oxygens (including phenoxy) is 3. The molecular formula is C15H19N3O4. The first-order chi connectivity index (χ1) is 10.8. The van der Waals surface area contributed by atoms with E-state index in [1.165, 1.54) is 0 Å². The molecule has 2 heterocycles. The molecule has 2 N–H and O–H groups in total. The van der Waals surface area contributed by atoms with E-state index in [1.807, 2.05) is 18.2 Å². The van der Waals surface area contributed by atoms with Crippen molar-refractivity contribution in [2.24, 2.45) is 5.73 Å². The highest BCUT2D eigenvalue weighted by Crippen LogP contribution is 2.33. The van der Waals surface area contributed by atoms with E-state index in [4.69, 9.17) is 24.5 Å². The van der Waals surface area contributed by atoms with Crippen molar-refractivity contribution in [3.8, 4) is 22.9 Å². The lowest BCUT2D eigenvalue weighted by atomic mass is 10.1. The van der Waals surface area contributed by atoms with E-state index in [9.17, 15) is 0 Å². The van der Waals surface area contributed by atoms with Crippen LogP contribution in [-0.2, 0) is 11.3 Å². The van der Waals surface area contributed by atoms with Gasteiger partial charge < -0.3 is 24.5 Å². The molecule has 1 aliphatic rings. The Morgan fingerprint density at radius 2 is 2.27 bits per heavy atom. The van der Waals surface area contributed by atoms with Crippen molar-refractivity contribution in [3.05, 3.63) is 24.1 Å². The molecule has 1 aromatic carbocycles. The van der Waals surface area contributed by atoms with Crippen molar-refractivity contribution in [2.75, 3.05) is 20.3 Å². The number of benzene rings is 1. The SMILES string of the molecule is COc1cc(-c2noc(CN)n2)ccc1OC1CCCOC1. The molecule has 0 aliphatic carbocycles. The number of nitrogens with two attached hydrogens (primary N) is 1. The molecule has 0 bridgehead atoms. The van der Waals surface area contributed by atoms with Gasteiger partial charge in [0, 0.05) is 12.2 Å². The van der Waals surface area contributed by atoms with Crippen LogP contribution >= 0.6 is 0 Å². The fourth-order valence-electron chi connectivity index (χ4n) is 2.34. The molecule has 1 unspecified atom stereocenters. The van der Waals surface area contributed by atoms with Crippen molar-refractivity contribution >= 4 is 0 Å². The van der Waals surface area contributed by atoms with Gasteiger partial charge in [-0.25, -0.2) is 0 Å². The zero-order valence-corrected chi connectivity index (χ0v) is 12.4. The highest BCUT2D eigenvalue weighted by Gasteiger charge is 2.18. The molecule has 2 aromatic rings. The first kappa shape index (κ1) is 14.8. The van der Waals surface area contributed by atoms with Gasteiger partial charge in [0.15, 0.2) is 11.5 Å². The summed E-state index contributed by atoms with van der Waals surface area (Å²) in [6.07, 6.45) is 2.05. The second-order valence-corrected chi connectivity index (χ2v) is 5.04. The van der Waals surface area contributed by atoms with E-state index in [-0.39, 0.29) is 12.6 Å². The van der Waals surface area contributed by atoms with Crippen LogP contribution in [0.5, 0.6) is 11.5 Å². The van der Waals surface area contributed by atoms with Gasteiger partial charge in [-0.05, 0) is 31.0 Å². The standard InChI is InChI=1S/C15H19N3O4/c1-19-13-7-10(15-17-14(8-16)22-18-15)4-5-12(13)21-11-3-2-6-20-9-11/h4-5,7,11H,2-3,6,8-9,16H2,1H3. The summed E-state index contributed by atoms with van der Waals surface area (Å²) < 4.78 is 21.8. The largest absolute Gasteiger partial charge is 0.493 e. The van der Waals surface area contributed by atoms with Gasteiger partial charge in [-0.3, -0.25) is 0 Å². The highest BCUT2D eigenvalue weighted by atomic mass is 16.5. The minimum atomic E-state index is 0.0579. The third-order valence-electron chi connectivity index (χ3n) is 3.48. The van der Waals surface area contributed by atoms with Crippen LogP contribution in [0.15, 0.2) is 22.7 Å². The predicted molar refractivity (Wildman–Crippen MR) is 78.6 cm³/mol. The molecule has 0 radical (unpaired) electrons. The summed E-state index contributed by atoms with van der Waals surface area (Å²) in [5.41, 5.74) is 6.26. The van der Waals surface area contributed by atoms with Crippen LogP contribution in [0.2, 0.25) is 0 Å². The van der Waals surface area contributed by atoms with Gasteiger partial charge >= 0.3 is 0 Å². The average molecular weight is 305 g/mol. The van der Waals surface area contributed by atoms with E-state index in [0.29, 0.717) is 29.8 Å². The molecule has 118 valence electrons. The van der Waals surface area contributed by atoms with Gasteiger partial charge in [0.25, 0.3) is 0 Å². The van der Waals surface area contributed by atoms with Gasteiger partial charge in [0.05, 0.1) is 20.3 Å². The Labute approximate surface area is 128 Å². The normalized spacial score (nSPS) is 18.2. The molecule has 1 atom stereocenters. The van der Waals surface area contributed by atoms with Gasteiger partial charge in [-0.1, -0.05) is 5.16 Å². The molecule has 0 saturated carbocycles. The molecule has 7 nitrogen and oxygen atoms in total. The monoisotopic (exact) mass is 305 g/mol. The first-order valence-electron chi connectivity index (χ1n) is 7.25. The van der Waals surface area contributed by atoms with Gasteiger partial charge in [0.2, 0.25) is 11.7 Å². The number of aromatic nitrogens is 2. The lowest BCUT2D eigenvalue weighted by Crippen LogP contribution is -2.28. The summed E-state index contributed by atoms with van der Waals surface area (Å²) in [4.78, 5) is 4.20. The predicted octanol–water partition coefficient (Wildman–Crippen LogP) is 1.76. The summed E-state index contributed by atoms with van der Waals surface area (Å²) in [7, 11) is 1.60.